The third-order valence-corrected chi connectivity index (χ3v) is 6.54. The number of anilines is 2. The molecule has 2 heterocycles. The van der Waals surface area contributed by atoms with Crippen molar-refractivity contribution in [2.75, 3.05) is 43.4 Å². The van der Waals surface area contributed by atoms with Crippen molar-refractivity contribution in [1.82, 2.24) is 9.80 Å². The molecule has 7 nitrogen and oxygen atoms in total. The third kappa shape index (κ3) is 6.37. The van der Waals surface area contributed by atoms with Gasteiger partial charge in [0.2, 0.25) is 5.91 Å². The van der Waals surface area contributed by atoms with Gasteiger partial charge in [0.15, 0.2) is 0 Å². The number of carbonyl (C=O) groups is 3. The Hall–Kier alpha value is -3.35. The minimum absolute atomic E-state index is 0.0589. The highest BCUT2D eigenvalue weighted by Gasteiger charge is 2.18. The summed E-state index contributed by atoms with van der Waals surface area (Å²) in [5.74, 6) is -0.0505. The fraction of sp³-hybridized carbons (Fsp3) is 0.444. The summed E-state index contributed by atoms with van der Waals surface area (Å²) in [5.41, 5.74) is 2.76. The van der Waals surface area contributed by atoms with E-state index in [9.17, 15) is 14.4 Å². The Bertz CT molecular complexity index is 974. The van der Waals surface area contributed by atoms with Crippen LogP contribution in [-0.4, -0.2) is 60.2 Å². The first-order valence-corrected chi connectivity index (χ1v) is 12.4. The summed E-state index contributed by atoms with van der Waals surface area (Å²) in [6, 6.07) is 14.3. The number of amides is 3. The number of carbonyl (C=O) groups excluding carboxylic acids is 3. The highest BCUT2D eigenvalue weighted by atomic mass is 16.2. The molecule has 2 saturated heterocycles. The van der Waals surface area contributed by atoms with Crippen molar-refractivity contribution in [3.63, 3.8) is 0 Å². The first-order chi connectivity index (χ1) is 16.6. The van der Waals surface area contributed by atoms with Crippen LogP contribution < -0.4 is 10.6 Å². The average molecular weight is 463 g/mol. The number of rotatable bonds is 6. The average Bonchev–Trinajstić information content (AvgIpc) is 3.18. The summed E-state index contributed by atoms with van der Waals surface area (Å²) in [6.45, 7) is 3.39. The van der Waals surface area contributed by atoms with Gasteiger partial charge in [-0.3, -0.25) is 14.4 Å². The SMILES string of the molecule is O=C(CNc1ccc(C(=O)N2CCCCC2)cc1)Nc1ccc(C(=O)N2CCCCCC2)cc1. The van der Waals surface area contributed by atoms with Crippen LogP contribution >= 0.6 is 0 Å². The summed E-state index contributed by atoms with van der Waals surface area (Å²) in [4.78, 5) is 41.5. The lowest BCUT2D eigenvalue weighted by molar-refractivity contribution is -0.114. The zero-order valence-corrected chi connectivity index (χ0v) is 19.7. The number of nitrogens with one attached hydrogen (secondary N) is 2. The molecule has 2 N–H and O–H groups in total. The minimum atomic E-state index is -0.180. The van der Waals surface area contributed by atoms with E-state index in [1.807, 2.05) is 21.9 Å². The van der Waals surface area contributed by atoms with E-state index in [-0.39, 0.29) is 24.3 Å². The molecule has 3 amide bonds. The van der Waals surface area contributed by atoms with Crippen molar-refractivity contribution in [1.29, 1.82) is 0 Å². The molecular weight excluding hydrogens is 428 g/mol. The number of nitrogens with zero attached hydrogens (tertiary/aromatic N) is 2. The van der Waals surface area contributed by atoms with E-state index in [2.05, 4.69) is 10.6 Å². The summed E-state index contributed by atoms with van der Waals surface area (Å²) < 4.78 is 0. The van der Waals surface area contributed by atoms with E-state index in [0.29, 0.717) is 16.8 Å². The zero-order valence-electron chi connectivity index (χ0n) is 19.7. The van der Waals surface area contributed by atoms with Crippen LogP contribution in [0.15, 0.2) is 48.5 Å². The van der Waals surface area contributed by atoms with Crippen LogP contribution in [0.2, 0.25) is 0 Å². The Morgan fingerprint density at radius 3 is 1.47 bits per heavy atom. The standard InChI is InChI=1S/C27H34N4O3/c32-25(20-28-23-12-8-21(9-13-23)26(33)31-18-6-3-7-19-31)29-24-14-10-22(11-15-24)27(34)30-16-4-1-2-5-17-30/h8-15,28H,1-7,16-20H2,(H,29,32). The molecule has 4 rings (SSSR count). The van der Waals surface area contributed by atoms with Gasteiger partial charge in [-0.25, -0.2) is 0 Å². The normalized spacial score (nSPS) is 16.5. The minimum Gasteiger partial charge on any atom is -0.376 e. The van der Waals surface area contributed by atoms with Gasteiger partial charge < -0.3 is 20.4 Å². The van der Waals surface area contributed by atoms with Gasteiger partial charge in [0, 0.05) is 48.7 Å². The molecule has 0 spiro atoms. The van der Waals surface area contributed by atoms with Gasteiger partial charge in [-0.1, -0.05) is 12.8 Å². The smallest absolute Gasteiger partial charge is 0.253 e. The topological polar surface area (TPSA) is 81.8 Å². The zero-order chi connectivity index (χ0) is 23.8. The van der Waals surface area contributed by atoms with Crippen molar-refractivity contribution in [2.24, 2.45) is 0 Å². The lowest BCUT2D eigenvalue weighted by atomic mass is 10.1. The van der Waals surface area contributed by atoms with Gasteiger partial charge in [-0.05, 0) is 80.6 Å². The van der Waals surface area contributed by atoms with Crippen LogP contribution in [0.4, 0.5) is 11.4 Å². The molecule has 0 bridgehead atoms. The molecule has 0 aromatic heterocycles. The Morgan fingerprint density at radius 1 is 0.588 bits per heavy atom. The highest BCUT2D eigenvalue weighted by Crippen LogP contribution is 2.17. The molecule has 0 aliphatic carbocycles. The van der Waals surface area contributed by atoms with Crippen LogP contribution in [0.3, 0.4) is 0 Å². The first kappa shape index (κ1) is 23.8. The number of hydrogen-bond acceptors (Lipinski definition) is 4. The molecule has 0 atom stereocenters. The maximum Gasteiger partial charge on any atom is 0.253 e. The van der Waals surface area contributed by atoms with Crippen molar-refractivity contribution in [3.8, 4) is 0 Å². The highest BCUT2D eigenvalue weighted by molar-refractivity contribution is 5.97. The second-order valence-electron chi connectivity index (χ2n) is 9.12. The van der Waals surface area contributed by atoms with E-state index in [4.69, 9.17) is 0 Å². The molecule has 0 saturated carbocycles. The molecular formula is C27H34N4O3. The van der Waals surface area contributed by atoms with Gasteiger partial charge in [0.25, 0.3) is 11.8 Å². The number of piperidine rings is 1. The summed E-state index contributed by atoms with van der Waals surface area (Å²) in [6.07, 6.45) is 7.81. The van der Waals surface area contributed by atoms with Crippen LogP contribution in [-0.2, 0) is 4.79 Å². The third-order valence-electron chi connectivity index (χ3n) is 6.54. The maximum atomic E-state index is 12.7. The Labute approximate surface area is 201 Å². The predicted octanol–water partition coefficient (Wildman–Crippen LogP) is 4.38. The summed E-state index contributed by atoms with van der Waals surface area (Å²) >= 11 is 0. The first-order valence-electron chi connectivity index (χ1n) is 12.4. The van der Waals surface area contributed by atoms with E-state index in [0.717, 1.165) is 57.5 Å². The van der Waals surface area contributed by atoms with Gasteiger partial charge in [0.05, 0.1) is 6.54 Å². The summed E-state index contributed by atoms with van der Waals surface area (Å²) in [7, 11) is 0. The molecule has 2 aliphatic rings. The van der Waals surface area contributed by atoms with E-state index < -0.39 is 0 Å². The molecule has 2 aliphatic heterocycles. The van der Waals surface area contributed by atoms with Gasteiger partial charge in [-0.2, -0.15) is 0 Å². The van der Waals surface area contributed by atoms with Crippen molar-refractivity contribution < 1.29 is 14.4 Å². The second kappa shape index (κ2) is 11.7. The lowest BCUT2D eigenvalue weighted by Crippen LogP contribution is -2.35. The number of likely N-dealkylation sites (tertiary alicyclic amines) is 2. The molecule has 0 radical (unpaired) electrons. The van der Waals surface area contributed by atoms with Crippen molar-refractivity contribution >= 4 is 29.1 Å². The van der Waals surface area contributed by atoms with Crippen LogP contribution in [0.1, 0.15) is 65.7 Å². The van der Waals surface area contributed by atoms with Crippen LogP contribution in [0.5, 0.6) is 0 Å². The lowest BCUT2D eigenvalue weighted by Gasteiger charge is -2.26. The van der Waals surface area contributed by atoms with Crippen LogP contribution in [0.25, 0.3) is 0 Å². The van der Waals surface area contributed by atoms with Crippen molar-refractivity contribution in [3.05, 3.63) is 59.7 Å². The molecule has 2 fully saturated rings. The van der Waals surface area contributed by atoms with Crippen LogP contribution in [0, 0.1) is 0 Å². The van der Waals surface area contributed by atoms with Gasteiger partial charge in [-0.15, -0.1) is 0 Å². The fourth-order valence-corrected chi connectivity index (χ4v) is 4.55. The maximum absolute atomic E-state index is 12.7. The molecule has 0 unspecified atom stereocenters. The quantitative estimate of drug-likeness (QED) is 0.668. The molecule has 2 aromatic rings. The molecule has 34 heavy (non-hydrogen) atoms. The summed E-state index contributed by atoms with van der Waals surface area (Å²) in [5, 5.41) is 5.94. The molecule has 2 aromatic carbocycles. The Morgan fingerprint density at radius 2 is 1.00 bits per heavy atom. The van der Waals surface area contributed by atoms with E-state index in [1.54, 1.807) is 36.4 Å². The largest absolute Gasteiger partial charge is 0.376 e. The monoisotopic (exact) mass is 462 g/mol. The Balaban J connectivity index is 1.24. The molecule has 180 valence electrons. The Kier molecular flexibility index (Phi) is 8.17. The van der Waals surface area contributed by atoms with Gasteiger partial charge in [0.1, 0.15) is 0 Å². The fourth-order valence-electron chi connectivity index (χ4n) is 4.55. The molecule has 7 heteroatoms. The van der Waals surface area contributed by atoms with Gasteiger partial charge >= 0.3 is 0 Å². The van der Waals surface area contributed by atoms with E-state index >= 15 is 0 Å². The predicted molar refractivity (Wildman–Crippen MR) is 134 cm³/mol. The number of hydrogen-bond donors (Lipinski definition) is 2. The van der Waals surface area contributed by atoms with E-state index in [1.165, 1.54) is 19.3 Å². The van der Waals surface area contributed by atoms with Crippen molar-refractivity contribution in [2.45, 2.75) is 44.9 Å². The second-order valence-corrected chi connectivity index (χ2v) is 9.12. The number of benzene rings is 2.